The van der Waals surface area contributed by atoms with Crippen molar-refractivity contribution in [1.82, 2.24) is 0 Å². The first kappa shape index (κ1) is 9.38. The Morgan fingerprint density at radius 3 is 2.85 bits per heavy atom. The Balaban J connectivity index is 2.92. The van der Waals surface area contributed by atoms with Gasteiger partial charge in [0.15, 0.2) is 11.5 Å². The number of hydrogen-bond donors (Lipinski definition) is 1. The van der Waals surface area contributed by atoms with Crippen molar-refractivity contribution in [2.24, 2.45) is 0 Å². The molecule has 70 valence electrons. The van der Waals surface area contributed by atoms with Crippen LogP contribution in [0, 0.1) is 0 Å². The average Bonchev–Trinajstić information content (AvgIpc) is 2.07. The number of phenolic OH excluding ortho intramolecular Hbond substituents is 1. The maximum absolute atomic E-state index is 10.2. The number of benzene rings is 1. The van der Waals surface area contributed by atoms with E-state index in [9.17, 15) is 15.0 Å². The van der Waals surface area contributed by atoms with E-state index in [1.54, 1.807) is 0 Å². The third-order valence-corrected chi connectivity index (χ3v) is 1.59. The van der Waals surface area contributed by atoms with Gasteiger partial charge in [-0.3, -0.25) is 0 Å². The summed E-state index contributed by atoms with van der Waals surface area (Å²) in [6.07, 6.45) is -0.184. The van der Waals surface area contributed by atoms with Gasteiger partial charge in [-0.25, -0.2) is 0 Å². The monoisotopic (exact) mass is 181 g/mol. The maximum Gasteiger partial charge on any atom is 0.160 e. The molecule has 0 bridgehead atoms. The van der Waals surface area contributed by atoms with Gasteiger partial charge < -0.3 is 19.7 Å². The zero-order valence-electron chi connectivity index (χ0n) is 7.11. The molecule has 0 aliphatic heterocycles. The summed E-state index contributed by atoms with van der Waals surface area (Å²) in [6.45, 7) is 0. The van der Waals surface area contributed by atoms with Crippen LogP contribution in [-0.4, -0.2) is 18.2 Å². The zero-order chi connectivity index (χ0) is 9.84. The molecule has 0 spiro atoms. The summed E-state index contributed by atoms with van der Waals surface area (Å²) in [7, 11) is 1.40. The van der Waals surface area contributed by atoms with E-state index in [-0.39, 0.29) is 17.9 Å². The number of aromatic hydroxyl groups is 1. The lowest BCUT2D eigenvalue weighted by Gasteiger charge is -2.06. The minimum absolute atomic E-state index is 0.00963. The summed E-state index contributed by atoms with van der Waals surface area (Å²) in [5.74, 6) is -0.906. The second kappa shape index (κ2) is 3.80. The van der Waals surface area contributed by atoms with Gasteiger partial charge in [-0.1, -0.05) is 6.07 Å². The molecular formula is C9H9O4-. The van der Waals surface area contributed by atoms with Crippen LogP contribution in [0.1, 0.15) is 5.56 Å². The summed E-state index contributed by atoms with van der Waals surface area (Å²) < 4.78 is 4.80. The van der Waals surface area contributed by atoms with Crippen LogP contribution >= 0.6 is 0 Å². The molecule has 0 radical (unpaired) electrons. The molecule has 4 heteroatoms. The molecule has 1 rings (SSSR count). The summed E-state index contributed by atoms with van der Waals surface area (Å²) in [5, 5.41) is 19.4. The number of carbonyl (C=O) groups excluding carboxylic acids is 1. The van der Waals surface area contributed by atoms with Crippen molar-refractivity contribution in [3.63, 3.8) is 0 Å². The van der Waals surface area contributed by atoms with Crippen LogP contribution in [-0.2, 0) is 11.2 Å². The minimum atomic E-state index is -1.16. The largest absolute Gasteiger partial charge is 0.550 e. The Kier molecular flexibility index (Phi) is 2.74. The number of carboxylic acid groups (broad SMARTS) is 1. The van der Waals surface area contributed by atoms with Crippen LogP contribution in [0.5, 0.6) is 11.5 Å². The van der Waals surface area contributed by atoms with E-state index >= 15 is 0 Å². The first-order valence-electron chi connectivity index (χ1n) is 3.69. The molecule has 0 fully saturated rings. The predicted molar refractivity (Wildman–Crippen MR) is 43.4 cm³/mol. The molecule has 13 heavy (non-hydrogen) atoms. The van der Waals surface area contributed by atoms with Crippen LogP contribution < -0.4 is 9.84 Å². The van der Waals surface area contributed by atoms with Crippen molar-refractivity contribution < 1.29 is 19.7 Å². The van der Waals surface area contributed by atoms with E-state index < -0.39 is 5.97 Å². The molecule has 1 N–H and O–H groups in total. The lowest BCUT2D eigenvalue weighted by Crippen LogP contribution is -2.24. The van der Waals surface area contributed by atoms with Gasteiger partial charge in [0.2, 0.25) is 0 Å². The van der Waals surface area contributed by atoms with Crippen LogP contribution in [0.3, 0.4) is 0 Å². The summed E-state index contributed by atoms with van der Waals surface area (Å²) in [6, 6.07) is 4.36. The summed E-state index contributed by atoms with van der Waals surface area (Å²) in [5.41, 5.74) is 0.537. The molecule has 4 nitrogen and oxygen atoms in total. The number of aliphatic carboxylic acids is 1. The highest BCUT2D eigenvalue weighted by atomic mass is 16.5. The lowest BCUT2D eigenvalue weighted by atomic mass is 10.1. The van der Waals surface area contributed by atoms with E-state index in [1.807, 2.05) is 0 Å². The standard InChI is InChI=1S/C9H10O4/c1-13-8-4-6(5-9(11)12)2-3-7(8)10/h2-4,10H,5H2,1H3,(H,11,12)/p-1. The molecule has 0 heterocycles. The van der Waals surface area contributed by atoms with Crippen molar-refractivity contribution in [2.45, 2.75) is 6.42 Å². The molecule has 0 aliphatic carbocycles. The Bertz CT molecular complexity index is 319. The second-order valence-corrected chi connectivity index (χ2v) is 2.55. The molecule has 1 aromatic carbocycles. The second-order valence-electron chi connectivity index (χ2n) is 2.55. The fraction of sp³-hybridized carbons (Fsp3) is 0.222. The molecule has 0 atom stereocenters. The Morgan fingerprint density at radius 1 is 1.62 bits per heavy atom. The number of ether oxygens (including phenoxy) is 1. The number of methoxy groups -OCH3 is 1. The van der Waals surface area contributed by atoms with Gasteiger partial charge in [-0.2, -0.15) is 0 Å². The third kappa shape index (κ3) is 2.37. The topological polar surface area (TPSA) is 69.6 Å². The van der Waals surface area contributed by atoms with Crippen molar-refractivity contribution in [2.75, 3.05) is 7.11 Å². The number of phenols is 1. The fourth-order valence-corrected chi connectivity index (χ4v) is 0.999. The third-order valence-electron chi connectivity index (χ3n) is 1.59. The highest BCUT2D eigenvalue weighted by Crippen LogP contribution is 2.26. The molecule has 0 saturated carbocycles. The van der Waals surface area contributed by atoms with Gasteiger partial charge in [0.25, 0.3) is 0 Å². The van der Waals surface area contributed by atoms with Gasteiger partial charge >= 0.3 is 0 Å². The molecule has 1 aromatic rings. The van der Waals surface area contributed by atoms with Crippen molar-refractivity contribution in [1.29, 1.82) is 0 Å². The molecule has 0 aliphatic rings. The van der Waals surface area contributed by atoms with E-state index in [4.69, 9.17) is 4.74 Å². The normalized spacial score (nSPS) is 9.62. The van der Waals surface area contributed by atoms with E-state index in [0.29, 0.717) is 5.56 Å². The van der Waals surface area contributed by atoms with Gasteiger partial charge in [0.05, 0.1) is 7.11 Å². The zero-order valence-corrected chi connectivity index (χ0v) is 7.11. The highest BCUT2D eigenvalue weighted by molar-refractivity contribution is 5.68. The SMILES string of the molecule is COc1cc(CC(=O)[O-])ccc1O. The first-order chi connectivity index (χ1) is 6.13. The van der Waals surface area contributed by atoms with Crippen LogP contribution in [0.4, 0.5) is 0 Å². The van der Waals surface area contributed by atoms with E-state index in [0.717, 1.165) is 0 Å². The minimum Gasteiger partial charge on any atom is -0.550 e. The highest BCUT2D eigenvalue weighted by Gasteiger charge is 2.02. The van der Waals surface area contributed by atoms with Gasteiger partial charge in [0.1, 0.15) is 0 Å². The smallest absolute Gasteiger partial charge is 0.160 e. The number of carbonyl (C=O) groups is 1. The van der Waals surface area contributed by atoms with Crippen LogP contribution in [0.25, 0.3) is 0 Å². The van der Waals surface area contributed by atoms with Crippen LogP contribution in [0.15, 0.2) is 18.2 Å². The van der Waals surface area contributed by atoms with Gasteiger partial charge in [-0.15, -0.1) is 0 Å². The predicted octanol–water partition coefficient (Wildman–Crippen LogP) is -0.307. The summed E-state index contributed by atoms with van der Waals surface area (Å²) in [4.78, 5) is 10.2. The fourth-order valence-electron chi connectivity index (χ4n) is 0.999. The maximum atomic E-state index is 10.2. The van der Waals surface area contributed by atoms with Crippen molar-refractivity contribution >= 4 is 5.97 Å². The Hall–Kier alpha value is -1.71. The van der Waals surface area contributed by atoms with Gasteiger partial charge in [-0.05, 0) is 17.7 Å². The Morgan fingerprint density at radius 2 is 2.31 bits per heavy atom. The summed E-state index contributed by atoms with van der Waals surface area (Å²) >= 11 is 0. The first-order valence-corrected chi connectivity index (χ1v) is 3.69. The quantitative estimate of drug-likeness (QED) is 0.694. The molecule has 0 aromatic heterocycles. The van der Waals surface area contributed by atoms with Gasteiger partial charge in [0, 0.05) is 12.4 Å². The average molecular weight is 181 g/mol. The molecule has 0 saturated heterocycles. The van der Waals surface area contributed by atoms with Crippen molar-refractivity contribution in [3.8, 4) is 11.5 Å². The molecule has 0 amide bonds. The number of carboxylic acids is 1. The van der Waals surface area contributed by atoms with E-state index in [1.165, 1.54) is 25.3 Å². The Labute approximate surface area is 75.4 Å². The van der Waals surface area contributed by atoms with E-state index in [2.05, 4.69) is 0 Å². The molecular weight excluding hydrogens is 172 g/mol. The van der Waals surface area contributed by atoms with Crippen molar-refractivity contribution in [3.05, 3.63) is 23.8 Å². The lowest BCUT2D eigenvalue weighted by molar-refractivity contribution is -0.304. The number of rotatable bonds is 3. The number of hydrogen-bond acceptors (Lipinski definition) is 4. The molecule has 0 unspecified atom stereocenters. The van der Waals surface area contributed by atoms with Crippen LogP contribution in [0.2, 0.25) is 0 Å².